The van der Waals surface area contributed by atoms with Crippen molar-refractivity contribution < 1.29 is 28.6 Å². The van der Waals surface area contributed by atoms with Crippen LogP contribution in [0.25, 0.3) is 0 Å². The van der Waals surface area contributed by atoms with Crippen molar-refractivity contribution in [3.8, 4) is 11.8 Å². The number of hydrogen-bond acceptors (Lipinski definition) is 6. The molecule has 1 heterocycles. The zero-order valence-corrected chi connectivity index (χ0v) is 19.8. The van der Waals surface area contributed by atoms with Crippen LogP contribution in [0.1, 0.15) is 34.0 Å². The number of benzene rings is 2. The normalized spacial score (nSPS) is 16.2. The fraction of sp³-hybridized carbons (Fsp3) is 0.333. The lowest BCUT2D eigenvalue weighted by Gasteiger charge is -2.29. The number of aliphatic hydroxyl groups is 1. The van der Waals surface area contributed by atoms with Crippen molar-refractivity contribution in [3.05, 3.63) is 83.2 Å². The van der Waals surface area contributed by atoms with Crippen molar-refractivity contribution in [1.82, 2.24) is 10.2 Å². The molecule has 1 aliphatic heterocycles. The maximum absolute atomic E-state index is 13.7. The quantitative estimate of drug-likeness (QED) is 0.468. The Morgan fingerprint density at radius 1 is 1.14 bits per heavy atom. The van der Waals surface area contributed by atoms with E-state index in [0.29, 0.717) is 5.56 Å². The van der Waals surface area contributed by atoms with Crippen molar-refractivity contribution in [2.24, 2.45) is 0 Å². The molecule has 35 heavy (non-hydrogen) atoms. The summed E-state index contributed by atoms with van der Waals surface area (Å²) in [6.07, 6.45) is 0. The Balaban J connectivity index is 1.63. The first-order valence-electron chi connectivity index (χ1n) is 11.2. The lowest BCUT2D eigenvalue weighted by Crippen LogP contribution is -2.56. The van der Waals surface area contributed by atoms with Gasteiger partial charge >= 0.3 is 5.97 Å². The van der Waals surface area contributed by atoms with Gasteiger partial charge in [0.05, 0.1) is 20.3 Å². The fourth-order valence-electron chi connectivity index (χ4n) is 3.48. The minimum atomic E-state index is -2.33. The monoisotopic (exact) mass is 480 g/mol. The van der Waals surface area contributed by atoms with E-state index in [-0.39, 0.29) is 5.56 Å². The molecule has 0 unspecified atom stereocenters. The Bertz CT molecular complexity index is 1110. The van der Waals surface area contributed by atoms with Gasteiger partial charge < -0.3 is 19.9 Å². The summed E-state index contributed by atoms with van der Waals surface area (Å²) in [5, 5.41) is 12.6. The highest BCUT2D eigenvalue weighted by atomic mass is 19.1. The molecule has 0 saturated carbocycles. The third kappa shape index (κ3) is 6.99. The zero-order chi connectivity index (χ0) is 25.4. The molecule has 3 rings (SSSR count). The largest absolute Gasteiger partial charge is 0.467 e. The number of rotatable bonds is 7. The summed E-state index contributed by atoms with van der Waals surface area (Å²) in [6, 6.07) is 12.8. The Labute approximate surface area is 204 Å². The molecule has 2 aromatic carbocycles. The van der Waals surface area contributed by atoms with Crippen LogP contribution in [-0.4, -0.2) is 66.9 Å². The lowest BCUT2D eigenvalue weighted by atomic mass is 9.95. The fourth-order valence-corrected chi connectivity index (χ4v) is 3.48. The molecule has 2 aromatic rings. The minimum Gasteiger partial charge on any atom is -0.467 e. The molecule has 1 amide bonds. The first-order chi connectivity index (χ1) is 16.7. The number of amides is 1. The third-order valence-corrected chi connectivity index (χ3v) is 5.79. The van der Waals surface area contributed by atoms with Crippen molar-refractivity contribution in [2.75, 3.05) is 33.4 Å². The van der Waals surface area contributed by atoms with Crippen LogP contribution in [0.15, 0.2) is 60.9 Å². The van der Waals surface area contributed by atoms with Crippen LogP contribution >= 0.6 is 0 Å². The predicted molar refractivity (Wildman–Crippen MR) is 129 cm³/mol. The molecule has 0 bridgehead atoms. The Hall–Kier alpha value is -3.51. The van der Waals surface area contributed by atoms with Crippen LogP contribution in [0.5, 0.6) is 0 Å². The second-order valence-corrected chi connectivity index (χ2v) is 8.39. The second kappa shape index (κ2) is 11.8. The first-order valence-corrected chi connectivity index (χ1v) is 11.2. The van der Waals surface area contributed by atoms with E-state index in [2.05, 4.69) is 45.5 Å². The summed E-state index contributed by atoms with van der Waals surface area (Å²) in [5.74, 6) is 3.29. The van der Waals surface area contributed by atoms with Gasteiger partial charge in [-0.1, -0.05) is 30.6 Å². The molecule has 2 atom stereocenters. The first kappa shape index (κ1) is 26.1. The van der Waals surface area contributed by atoms with Crippen molar-refractivity contribution in [2.45, 2.75) is 25.1 Å². The summed E-state index contributed by atoms with van der Waals surface area (Å²) in [5.41, 5.74) is 0.650. The van der Waals surface area contributed by atoms with Gasteiger partial charge in [-0.05, 0) is 48.9 Å². The van der Waals surface area contributed by atoms with Gasteiger partial charge in [0.1, 0.15) is 11.4 Å². The summed E-state index contributed by atoms with van der Waals surface area (Å²) in [6.45, 7) is 8.35. The highest BCUT2D eigenvalue weighted by molar-refractivity contribution is 5.97. The molecular weight excluding hydrogens is 451 g/mol. The molecule has 0 spiro atoms. The van der Waals surface area contributed by atoms with E-state index in [1.54, 1.807) is 12.1 Å². The number of hydrogen-bond donors (Lipinski definition) is 2. The molecule has 184 valence electrons. The van der Waals surface area contributed by atoms with Gasteiger partial charge in [0.15, 0.2) is 6.04 Å². The second-order valence-electron chi connectivity index (χ2n) is 8.39. The summed E-state index contributed by atoms with van der Waals surface area (Å²) >= 11 is 0. The van der Waals surface area contributed by atoms with Gasteiger partial charge in [-0.2, -0.15) is 0 Å². The van der Waals surface area contributed by atoms with Crippen molar-refractivity contribution in [1.29, 1.82) is 0 Å². The van der Waals surface area contributed by atoms with Crippen LogP contribution in [0.3, 0.4) is 0 Å². The number of carbonyl (C=O) groups excluding carboxylic acids is 2. The number of nitrogens with one attached hydrogen (secondary N) is 1. The van der Waals surface area contributed by atoms with Crippen LogP contribution in [0.4, 0.5) is 4.39 Å². The Morgan fingerprint density at radius 2 is 1.69 bits per heavy atom. The standard InChI is InChI=1S/C27H29FN2O5/c1-19(28)27(2,33)24(26(32)34-3)29-25(31)23-12-10-21(11-13-23)5-4-20-6-8-22(9-7-20)18-30-14-16-35-17-15-30/h6-13,24,33H,1,14-18H2,2-3H3,(H,29,31)/t24-,27-/m1/s1. The third-order valence-electron chi connectivity index (χ3n) is 5.79. The van der Waals surface area contributed by atoms with Crippen molar-refractivity contribution in [3.63, 3.8) is 0 Å². The number of methoxy groups -OCH3 is 1. The summed E-state index contributed by atoms with van der Waals surface area (Å²) in [4.78, 5) is 26.9. The molecule has 1 aliphatic rings. The van der Waals surface area contributed by atoms with Crippen molar-refractivity contribution >= 4 is 11.9 Å². The number of ether oxygens (including phenoxy) is 2. The van der Waals surface area contributed by atoms with Crippen LogP contribution in [-0.2, 0) is 20.8 Å². The average Bonchev–Trinajstić information content (AvgIpc) is 2.87. The highest BCUT2D eigenvalue weighted by Crippen LogP contribution is 2.22. The maximum atomic E-state index is 13.7. The number of carbonyl (C=O) groups is 2. The number of nitrogens with zero attached hydrogens (tertiary/aromatic N) is 1. The topological polar surface area (TPSA) is 88.1 Å². The molecular formula is C27H29FN2O5. The molecule has 2 N–H and O–H groups in total. The minimum absolute atomic E-state index is 0.206. The molecule has 7 nitrogen and oxygen atoms in total. The van der Waals surface area contributed by atoms with Crippen LogP contribution in [0.2, 0.25) is 0 Å². The maximum Gasteiger partial charge on any atom is 0.331 e. The molecule has 1 fully saturated rings. The average molecular weight is 481 g/mol. The van der Waals surface area contributed by atoms with Gasteiger partial charge in [0.2, 0.25) is 0 Å². The molecule has 0 aliphatic carbocycles. The van der Waals surface area contributed by atoms with E-state index >= 15 is 0 Å². The van der Waals surface area contributed by atoms with Gasteiger partial charge in [-0.15, -0.1) is 0 Å². The summed E-state index contributed by atoms with van der Waals surface area (Å²) in [7, 11) is 1.07. The van der Waals surface area contributed by atoms with Gasteiger partial charge in [-0.3, -0.25) is 9.69 Å². The number of esters is 1. The SMILES string of the molecule is C=C(F)[C@@](C)(O)[C@H](NC(=O)c1ccc(C#Cc2ccc(CN3CCOCC3)cc2)cc1)C(=O)OC. The predicted octanol–water partition coefficient (Wildman–Crippen LogP) is 2.42. The van der Waals surface area contributed by atoms with E-state index in [0.717, 1.165) is 52.4 Å². The number of morpholine rings is 1. The van der Waals surface area contributed by atoms with E-state index in [1.165, 1.54) is 17.7 Å². The van der Waals surface area contributed by atoms with E-state index in [9.17, 15) is 19.1 Å². The Morgan fingerprint density at radius 3 is 2.20 bits per heavy atom. The van der Waals surface area contributed by atoms with E-state index < -0.39 is 29.3 Å². The molecule has 1 saturated heterocycles. The molecule has 0 aromatic heterocycles. The zero-order valence-electron chi connectivity index (χ0n) is 19.8. The molecule has 8 heteroatoms. The lowest BCUT2D eigenvalue weighted by molar-refractivity contribution is -0.148. The molecule has 0 radical (unpaired) electrons. The smallest absolute Gasteiger partial charge is 0.331 e. The van der Waals surface area contributed by atoms with Gasteiger partial charge in [-0.25, -0.2) is 9.18 Å². The highest BCUT2D eigenvalue weighted by Gasteiger charge is 2.42. The summed E-state index contributed by atoms with van der Waals surface area (Å²) < 4.78 is 23.6. The van der Waals surface area contributed by atoms with Gasteiger partial charge in [0, 0.05) is 36.3 Å². The van der Waals surface area contributed by atoms with Gasteiger partial charge in [0.25, 0.3) is 5.91 Å². The van der Waals surface area contributed by atoms with Crippen LogP contribution in [0, 0.1) is 11.8 Å². The van der Waals surface area contributed by atoms with E-state index in [1.807, 2.05) is 12.1 Å². The van der Waals surface area contributed by atoms with Crippen LogP contribution < -0.4 is 5.32 Å². The Kier molecular flexibility index (Phi) is 8.77. The number of halogens is 1. The van der Waals surface area contributed by atoms with E-state index in [4.69, 9.17) is 4.74 Å².